The monoisotopic (exact) mass is 406 g/mol. The first-order valence-corrected chi connectivity index (χ1v) is 9.98. The van der Waals surface area contributed by atoms with E-state index in [1.54, 1.807) is 28.8 Å². The summed E-state index contributed by atoms with van der Waals surface area (Å²) in [5, 5.41) is 6.39. The lowest BCUT2D eigenvalue weighted by molar-refractivity contribution is 0.0773. The molecule has 29 heavy (non-hydrogen) atoms. The van der Waals surface area contributed by atoms with Gasteiger partial charge in [0.2, 0.25) is 5.82 Å². The van der Waals surface area contributed by atoms with Gasteiger partial charge in [-0.2, -0.15) is 0 Å². The summed E-state index contributed by atoms with van der Waals surface area (Å²) in [4.78, 5) is 20.0. The van der Waals surface area contributed by atoms with Gasteiger partial charge >= 0.3 is 0 Å². The normalized spacial score (nSPS) is 10.9. The lowest BCUT2D eigenvalue weighted by Crippen LogP contribution is -2.27. The van der Waals surface area contributed by atoms with Gasteiger partial charge in [0.1, 0.15) is 5.82 Å². The van der Waals surface area contributed by atoms with Crippen LogP contribution in [0.1, 0.15) is 21.7 Å². The number of hydrogen-bond acceptors (Lipinski definition) is 4. The van der Waals surface area contributed by atoms with Crippen LogP contribution in [0.25, 0.3) is 16.4 Å². The zero-order chi connectivity index (χ0) is 20.4. The van der Waals surface area contributed by atoms with E-state index in [1.165, 1.54) is 23.5 Å². The van der Waals surface area contributed by atoms with Crippen molar-refractivity contribution in [2.45, 2.75) is 13.5 Å². The van der Waals surface area contributed by atoms with Gasteiger partial charge < -0.3 is 4.90 Å². The minimum atomic E-state index is -0.333. The minimum Gasteiger partial charge on any atom is -0.335 e. The third-order valence-electron chi connectivity index (χ3n) is 4.63. The number of carbonyl (C=O) groups excluding carboxylic acids is 1. The van der Waals surface area contributed by atoms with Gasteiger partial charge in [-0.25, -0.2) is 14.1 Å². The van der Waals surface area contributed by atoms with E-state index in [4.69, 9.17) is 0 Å². The molecule has 0 radical (unpaired) electrons. The Hall–Kier alpha value is -3.32. The highest BCUT2D eigenvalue weighted by atomic mass is 32.1. The van der Waals surface area contributed by atoms with Gasteiger partial charge in [0.15, 0.2) is 5.82 Å². The number of aromatic nitrogens is 3. The Morgan fingerprint density at radius 2 is 1.86 bits per heavy atom. The highest BCUT2D eigenvalue weighted by Crippen LogP contribution is 2.26. The van der Waals surface area contributed by atoms with Crippen molar-refractivity contribution in [3.8, 4) is 16.4 Å². The number of thiophene rings is 1. The van der Waals surface area contributed by atoms with Crippen LogP contribution in [0.2, 0.25) is 0 Å². The second-order valence-electron chi connectivity index (χ2n) is 6.71. The Morgan fingerprint density at radius 3 is 2.55 bits per heavy atom. The first-order valence-electron chi connectivity index (χ1n) is 9.10. The zero-order valence-corrected chi connectivity index (χ0v) is 16.9. The van der Waals surface area contributed by atoms with Gasteiger partial charge in [-0.15, -0.1) is 16.4 Å². The first-order chi connectivity index (χ1) is 14.0. The highest BCUT2D eigenvalue weighted by molar-refractivity contribution is 7.13. The van der Waals surface area contributed by atoms with Crippen molar-refractivity contribution in [3.05, 3.63) is 88.8 Å². The summed E-state index contributed by atoms with van der Waals surface area (Å²) in [7, 11) is 1.73. The minimum absolute atomic E-state index is 0.105. The Balaban J connectivity index is 1.69. The predicted octanol–water partition coefficient (Wildman–Crippen LogP) is 4.72. The van der Waals surface area contributed by atoms with Crippen molar-refractivity contribution < 1.29 is 9.18 Å². The number of nitrogens with zero attached hydrogens (tertiary/aromatic N) is 4. The number of rotatable bonds is 5. The van der Waals surface area contributed by atoms with Crippen LogP contribution in [0.5, 0.6) is 0 Å². The van der Waals surface area contributed by atoms with E-state index < -0.39 is 0 Å². The van der Waals surface area contributed by atoms with Crippen LogP contribution in [-0.2, 0) is 6.54 Å². The van der Waals surface area contributed by atoms with E-state index in [1.807, 2.05) is 48.7 Å². The molecule has 0 aliphatic rings. The second kappa shape index (κ2) is 7.97. The molecule has 0 bridgehead atoms. The molecule has 0 fully saturated rings. The summed E-state index contributed by atoms with van der Waals surface area (Å²) in [6, 6.07) is 17.7. The quantitative estimate of drug-likeness (QED) is 0.482. The van der Waals surface area contributed by atoms with Crippen molar-refractivity contribution in [2.75, 3.05) is 7.05 Å². The third kappa shape index (κ3) is 3.95. The van der Waals surface area contributed by atoms with E-state index in [-0.39, 0.29) is 17.5 Å². The highest BCUT2D eigenvalue weighted by Gasteiger charge is 2.22. The molecule has 4 rings (SSSR count). The lowest BCUT2D eigenvalue weighted by atomic mass is 10.1. The molecule has 2 aromatic carbocycles. The number of carbonyl (C=O) groups is 1. The van der Waals surface area contributed by atoms with Crippen molar-refractivity contribution in [2.24, 2.45) is 0 Å². The van der Waals surface area contributed by atoms with Crippen LogP contribution in [0.4, 0.5) is 4.39 Å². The van der Waals surface area contributed by atoms with Crippen molar-refractivity contribution >= 4 is 17.2 Å². The van der Waals surface area contributed by atoms with Gasteiger partial charge in [-0.1, -0.05) is 30.3 Å². The van der Waals surface area contributed by atoms with Gasteiger partial charge in [0.25, 0.3) is 5.91 Å². The zero-order valence-electron chi connectivity index (χ0n) is 16.0. The van der Waals surface area contributed by atoms with Gasteiger partial charge in [-0.05, 0) is 53.8 Å². The molecule has 5 nitrogen and oxygen atoms in total. The Labute approximate surface area is 172 Å². The number of amides is 1. The molecule has 146 valence electrons. The molecule has 1 amide bonds. The summed E-state index contributed by atoms with van der Waals surface area (Å²) < 4.78 is 14.9. The molecular formula is C22H19FN4OS. The van der Waals surface area contributed by atoms with E-state index in [0.717, 1.165) is 16.0 Å². The Kier molecular flexibility index (Phi) is 5.22. The van der Waals surface area contributed by atoms with E-state index in [9.17, 15) is 9.18 Å². The molecule has 0 aliphatic heterocycles. The molecule has 0 saturated carbocycles. The first kappa shape index (κ1) is 19.0. The van der Waals surface area contributed by atoms with Crippen molar-refractivity contribution in [3.63, 3.8) is 0 Å². The molecule has 0 N–H and O–H groups in total. The SMILES string of the molecule is Cc1ccccc1CN(C)C(=O)c1nc(-c2cccs2)n(-c2ccc(F)cc2)n1. The molecule has 0 atom stereocenters. The second-order valence-corrected chi connectivity index (χ2v) is 7.66. The van der Waals surface area contributed by atoms with Crippen molar-refractivity contribution in [1.29, 1.82) is 0 Å². The third-order valence-corrected chi connectivity index (χ3v) is 5.49. The molecule has 2 heterocycles. The maximum atomic E-state index is 13.4. The van der Waals surface area contributed by atoms with E-state index in [0.29, 0.717) is 18.1 Å². The Bertz CT molecular complexity index is 1140. The number of aryl methyl sites for hydroxylation is 1. The summed E-state index contributed by atoms with van der Waals surface area (Å²) in [5.74, 6) is 0.0563. The Morgan fingerprint density at radius 1 is 1.10 bits per heavy atom. The van der Waals surface area contributed by atoms with Gasteiger partial charge in [0.05, 0.1) is 10.6 Å². The van der Waals surface area contributed by atoms with Crippen molar-refractivity contribution in [1.82, 2.24) is 19.7 Å². The van der Waals surface area contributed by atoms with Gasteiger partial charge in [0, 0.05) is 13.6 Å². The molecular weight excluding hydrogens is 387 g/mol. The summed E-state index contributed by atoms with van der Waals surface area (Å²) >= 11 is 1.50. The van der Waals surface area contributed by atoms with Crippen LogP contribution in [0.15, 0.2) is 66.0 Å². The fourth-order valence-corrected chi connectivity index (χ4v) is 3.71. The largest absolute Gasteiger partial charge is 0.335 e. The standard InChI is InChI=1S/C22H19FN4OS/c1-15-6-3-4-7-16(15)14-26(2)22(28)20-24-21(19-8-5-13-29-19)27(25-20)18-11-9-17(23)10-12-18/h3-13H,14H2,1-2H3. The molecule has 4 aromatic rings. The van der Waals surface area contributed by atoms with Gasteiger partial charge in [-0.3, -0.25) is 4.79 Å². The maximum absolute atomic E-state index is 13.4. The summed E-state index contributed by atoms with van der Waals surface area (Å²) in [6.07, 6.45) is 0. The summed E-state index contributed by atoms with van der Waals surface area (Å²) in [5.41, 5.74) is 2.83. The average Bonchev–Trinajstić information content (AvgIpc) is 3.39. The fourth-order valence-electron chi connectivity index (χ4n) is 3.02. The number of benzene rings is 2. The summed E-state index contributed by atoms with van der Waals surface area (Å²) in [6.45, 7) is 2.48. The maximum Gasteiger partial charge on any atom is 0.293 e. The average molecular weight is 406 g/mol. The number of halogens is 1. The molecule has 0 saturated heterocycles. The van der Waals surface area contributed by atoms with E-state index >= 15 is 0 Å². The van der Waals surface area contributed by atoms with Crippen LogP contribution >= 0.6 is 11.3 Å². The topological polar surface area (TPSA) is 51.0 Å². The van der Waals surface area contributed by atoms with Crippen LogP contribution in [0, 0.1) is 12.7 Å². The fraction of sp³-hybridized carbons (Fsp3) is 0.136. The van der Waals surface area contributed by atoms with Crippen LogP contribution in [0.3, 0.4) is 0 Å². The lowest BCUT2D eigenvalue weighted by Gasteiger charge is -2.16. The predicted molar refractivity (Wildman–Crippen MR) is 112 cm³/mol. The van der Waals surface area contributed by atoms with Crippen LogP contribution in [-0.4, -0.2) is 32.6 Å². The number of hydrogen-bond donors (Lipinski definition) is 0. The molecule has 0 aliphatic carbocycles. The molecule has 0 unspecified atom stereocenters. The molecule has 2 aromatic heterocycles. The smallest absolute Gasteiger partial charge is 0.293 e. The van der Waals surface area contributed by atoms with Crippen LogP contribution < -0.4 is 0 Å². The molecule has 7 heteroatoms. The molecule has 0 spiro atoms. The van der Waals surface area contributed by atoms with E-state index in [2.05, 4.69) is 10.1 Å².